The summed E-state index contributed by atoms with van der Waals surface area (Å²) in [6, 6.07) is 0. The fourth-order valence-corrected chi connectivity index (χ4v) is 1.27. The van der Waals surface area contributed by atoms with Crippen LogP contribution in [0.25, 0.3) is 0 Å². The Kier molecular flexibility index (Phi) is 2.70. The Hall–Kier alpha value is -0.770. The fourth-order valence-electron chi connectivity index (χ4n) is 1.27. The van der Waals surface area contributed by atoms with Crippen molar-refractivity contribution in [1.29, 1.82) is 0 Å². The number of hydrogen-bond acceptors (Lipinski definition) is 1. The van der Waals surface area contributed by atoms with Gasteiger partial charge >= 0.3 is 0 Å². The van der Waals surface area contributed by atoms with Crippen LogP contribution in [0, 0.1) is 24.2 Å². The van der Waals surface area contributed by atoms with Gasteiger partial charge in [-0.1, -0.05) is 13.3 Å². The van der Waals surface area contributed by atoms with Crippen LogP contribution in [-0.4, -0.2) is 5.78 Å². The molecule has 2 atom stereocenters. The molecule has 1 heteroatoms. The Balaban J connectivity index is 2.19. The second-order valence-electron chi connectivity index (χ2n) is 3.19. The van der Waals surface area contributed by atoms with Gasteiger partial charge in [0, 0.05) is 18.3 Å². The van der Waals surface area contributed by atoms with Crippen molar-refractivity contribution in [2.45, 2.75) is 32.6 Å². The molecule has 0 spiro atoms. The van der Waals surface area contributed by atoms with Gasteiger partial charge < -0.3 is 0 Å². The number of rotatable bonds is 4. The first-order chi connectivity index (χ1) is 5.29. The molecule has 0 aromatic rings. The summed E-state index contributed by atoms with van der Waals surface area (Å²) in [6.07, 6.45) is 8.98. The second-order valence-corrected chi connectivity index (χ2v) is 3.19. The molecule has 0 saturated heterocycles. The van der Waals surface area contributed by atoms with Gasteiger partial charge in [0.1, 0.15) is 5.78 Å². The summed E-state index contributed by atoms with van der Waals surface area (Å²) in [6.45, 7) is 2.10. The third-order valence-electron chi connectivity index (χ3n) is 2.19. The van der Waals surface area contributed by atoms with Crippen molar-refractivity contribution in [3.8, 4) is 12.3 Å². The molecule has 1 nitrogen and oxygen atoms in total. The number of hydrogen-bond donors (Lipinski definition) is 0. The molecule has 1 rings (SSSR count). The summed E-state index contributed by atoms with van der Waals surface area (Å²) in [5.74, 6) is 3.52. The Morgan fingerprint density at radius 2 is 2.45 bits per heavy atom. The number of terminal acetylenes is 1. The zero-order valence-electron chi connectivity index (χ0n) is 6.97. The average Bonchev–Trinajstić information content (AvgIpc) is 2.78. The van der Waals surface area contributed by atoms with Crippen LogP contribution in [0.3, 0.4) is 0 Å². The molecule has 0 amide bonds. The fraction of sp³-hybridized carbons (Fsp3) is 0.700. The molecule has 0 N–H and O–H groups in total. The Bertz CT molecular complexity index is 188. The van der Waals surface area contributed by atoms with E-state index in [-0.39, 0.29) is 11.8 Å². The van der Waals surface area contributed by atoms with Crippen molar-refractivity contribution in [2.75, 3.05) is 0 Å². The smallest absolute Gasteiger partial charge is 0.137 e. The van der Waals surface area contributed by atoms with Crippen LogP contribution >= 0.6 is 0 Å². The van der Waals surface area contributed by atoms with E-state index in [0.29, 0.717) is 5.78 Å². The predicted molar refractivity (Wildman–Crippen MR) is 45.0 cm³/mol. The summed E-state index contributed by atoms with van der Waals surface area (Å²) >= 11 is 0. The first-order valence-electron chi connectivity index (χ1n) is 4.28. The van der Waals surface area contributed by atoms with Crippen LogP contribution in [-0.2, 0) is 4.79 Å². The second kappa shape index (κ2) is 3.57. The summed E-state index contributed by atoms with van der Waals surface area (Å²) < 4.78 is 0. The zero-order chi connectivity index (χ0) is 8.27. The van der Waals surface area contributed by atoms with Crippen molar-refractivity contribution in [1.82, 2.24) is 0 Å². The normalized spacial score (nSPS) is 27.6. The van der Waals surface area contributed by atoms with Crippen LogP contribution in [0.5, 0.6) is 0 Å². The molecule has 0 aromatic heterocycles. The topological polar surface area (TPSA) is 17.1 Å². The van der Waals surface area contributed by atoms with E-state index in [1.807, 2.05) is 0 Å². The standard InChI is InChI=1S/C10H14O/c1-3-5-6-10(11)9-7-8(9)4-2/h2,8-9H,3,5-7H2,1H3/t8-,9+/m1/s1. The van der Waals surface area contributed by atoms with Gasteiger partial charge in [0.15, 0.2) is 0 Å². The number of carbonyl (C=O) groups excluding carboxylic acids is 1. The van der Waals surface area contributed by atoms with E-state index in [9.17, 15) is 4.79 Å². The molecule has 1 aliphatic rings. The lowest BCUT2D eigenvalue weighted by molar-refractivity contribution is -0.120. The van der Waals surface area contributed by atoms with Gasteiger partial charge in [0.05, 0.1) is 0 Å². The highest BCUT2D eigenvalue weighted by molar-refractivity contribution is 5.84. The molecule has 0 heterocycles. The lowest BCUT2D eigenvalue weighted by Gasteiger charge is -1.94. The molecule has 0 bridgehead atoms. The highest BCUT2D eigenvalue weighted by Crippen LogP contribution is 2.39. The maximum absolute atomic E-state index is 11.2. The molecule has 0 aromatic carbocycles. The maximum atomic E-state index is 11.2. The molecule has 0 aliphatic heterocycles. The number of unbranched alkanes of at least 4 members (excludes halogenated alkanes) is 1. The van der Waals surface area contributed by atoms with Crippen LogP contribution in [0.4, 0.5) is 0 Å². The van der Waals surface area contributed by atoms with Gasteiger partial charge in [-0.2, -0.15) is 0 Å². The van der Waals surface area contributed by atoms with Gasteiger partial charge in [-0.25, -0.2) is 0 Å². The van der Waals surface area contributed by atoms with E-state index in [0.717, 1.165) is 25.7 Å². The van der Waals surface area contributed by atoms with E-state index in [4.69, 9.17) is 6.42 Å². The van der Waals surface area contributed by atoms with Gasteiger partial charge in [0.25, 0.3) is 0 Å². The van der Waals surface area contributed by atoms with Crippen molar-refractivity contribution in [3.63, 3.8) is 0 Å². The molecule has 60 valence electrons. The van der Waals surface area contributed by atoms with Crippen LogP contribution in [0.1, 0.15) is 32.6 Å². The summed E-state index contributed by atoms with van der Waals surface area (Å²) in [7, 11) is 0. The Labute approximate surface area is 68.2 Å². The van der Waals surface area contributed by atoms with Gasteiger partial charge in [-0.3, -0.25) is 4.79 Å². The number of ketones is 1. The zero-order valence-corrected chi connectivity index (χ0v) is 6.97. The largest absolute Gasteiger partial charge is 0.299 e. The van der Waals surface area contributed by atoms with E-state index < -0.39 is 0 Å². The minimum Gasteiger partial charge on any atom is -0.299 e. The minimum atomic E-state index is 0.228. The van der Waals surface area contributed by atoms with Crippen molar-refractivity contribution in [2.24, 2.45) is 11.8 Å². The van der Waals surface area contributed by atoms with E-state index in [1.54, 1.807) is 0 Å². The van der Waals surface area contributed by atoms with E-state index in [1.165, 1.54) is 0 Å². The van der Waals surface area contributed by atoms with Crippen molar-refractivity contribution >= 4 is 5.78 Å². The SMILES string of the molecule is C#C[C@@H]1C[C@@H]1C(=O)CCCC. The monoisotopic (exact) mass is 150 g/mol. The Morgan fingerprint density at radius 1 is 1.73 bits per heavy atom. The summed E-state index contributed by atoms with van der Waals surface area (Å²) in [4.78, 5) is 11.2. The van der Waals surface area contributed by atoms with Gasteiger partial charge in [-0.05, 0) is 12.8 Å². The highest BCUT2D eigenvalue weighted by Gasteiger charge is 2.40. The quantitative estimate of drug-likeness (QED) is 0.560. The molecule has 1 fully saturated rings. The van der Waals surface area contributed by atoms with Crippen LogP contribution < -0.4 is 0 Å². The van der Waals surface area contributed by atoms with Crippen molar-refractivity contribution < 1.29 is 4.79 Å². The maximum Gasteiger partial charge on any atom is 0.137 e. The van der Waals surface area contributed by atoms with Gasteiger partial charge in [-0.15, -0.1) is 12.3 Å². The van der Waals surface area contributed by atoms with E-state index >= 15 is 0 Å². The molecule has 0 radical (unpaired) electrons. The third kappa shape index (κ3) is 2.08. The minimum absolute atomic E-state index is 0.228. The first-order valence-corrected chi connectivity index (χ1v) is 4.28. The lowest BCUT2D eigenvalue weighted by Crippen LogP contribution is -2.01. The molecular formula is C10H14O. The number of carbonyl (C=O) groups is 1. The van der Waals surface area contributed by atoms with E-state index in [2.05, 4.69) is 12.8 Å². The van der Waals surface area contributed by atoms with Gasteiger partial charge in [0.2, 0.25) is 0 Å². The highest BCUT2D eigenvalue weighted by atomic mass is 16.1. The third-order valence-corrected chi connectivity index (χ3v) is 2.19. The van der Waals surface area contributed by atoms with Crippen LogP contribution in [0.15, 0.2) is 0 Å². The first kappa shape index (κ1) is 8.33. The predicted octanol–water partition coefficient (Wildman–Crippen LogP) is 2.02. The molecular weight excluding hydrogens is 136 g/mol. The summed E-state index contributed by atoms with van der Waals surface area (Å²) in [5.41, 5.74) is 0. The Morgan fingerprint density at radius 3 is 2.91 bits per heavy atom. The summed E-state index contributed by atoms with van der Waals surface area (Å²) in [5, 5.41) is 0. The van der Waals surface area contributed by atoms with Crippen molar-refractivity contribution in [3.05, 3.63) is 0 Å². The lowest BCUT2D eigenvalue weighted by atomic mass is 10.1. The number of Topliss-reactive ketones (excluding diaryl/α,β-unsaturated/α-hetero) is 1. The molecule has 0 unspecified atom stereocenters. The van der Waals surface area contributed by atoms with Crippen LogP contribution in [0.2, 0.25) is 0 Å². The molecule has 1 saturated carbocycles. The molecule has 1 aliphatic carbocycles. The molecule has 11 heavy (non-hydrogen) atoms. The average molecular weight is 150 g/mol.